The highest BCUT2D eigenvalue weighted by atomic mass is 32.1. The Bertz CT molecular complexity index is 248. The van der Waals surface area contributed by atoms with Crippen LogP contribution in [-0.4, -0.2) is 4.57 Å². The van der Waals surface area contributed by atoms with Crippen LogP contribution in [0.3, 0.4) is 0 Å². The third kappa shape index (κ3) is 1.60. The Balaban J connectivity index is 3.00. The van der Waals surface area contributed by atoms with Crippen LogP contribution in [0, 0.1) is 4.51 Å². The maximum absolute atomic E-state index is 11.8. The molecule has 1 rings (SSSR count). The van der Waals surface area contributed by atoms with Crippen LogP contribution in [0.25, 0.3) is 0 Å². The molecule has 0 amide bonds. The van der Waals surface area contributed by atoms with Gasteiger partial charge in [0.25, 0.3) is 0 Å². The Hall–Kier alpha value is -0.770. The van der Waals surface area contributed by atoms with Crippen molar-refractivity contribution in [3.8, 4) is 0 Å². The van der Waals surface area contributed by atoms with E-state index in [1.54, 1.807) is 0 Å². The van der Waals surface area contributed by atoms with Gasteiger partial charge in [-0.1, -0.05) is 12.2 Å². The molecule has 0 spiro atoms. The van der Waals surface area contributed by atoms with Crippen LogP contribution < -0.4 is 0 Å². The predicted octanol–water partition coefficient (Wildman–Crippen LogP) is 2.61. The molecule has 1 nitrogen and oxygen atoms in total. The summed E-state index contributed by atoms with van der Waals surface area (Å²) in [6.45, 7) is -2.48. The van der Waals surface area contributed by atoms with Crippen molar-refractivity contribution in [3.63, 3.8) is 0 Å². The molecule has 0 aliphatic rings. The molecule has 1 aromatic heterocycles. The van der Waals surface area contributed by atoms with Crippen LogP contribution in [0.1, 0.15) is 6.55 Å². The lowest BCUT2D eigenvalue weighted by Gasteiger charge is -2.01. The SMILES string of the molecule is FC(F)n1ccc(=S)cc1. The quantitative estimate of drug-likeness (QED) is 0.573. The lowest BCUT2D eigenvalue weighted by molar-refractivity contribution is 0.0696. The largest absolute Gasteiger partial charge is 0.318 e. The van der Waals surface area contributed by atoms with Crippen molar-refractivity contribution in [2.75, 3.05) is 0 Å². The zero-order valence-corrected chi connectivity index (χ0v) is 5.81. The van der Waals surface area contributed by atoms with E-state index in [-0.39, 0.29) is 0 Å². The zero-order chi connectivity index (χ0) is 7.56. The minimum absolute atomic E-state index is 0.567. The molecule has 0 saturated carbocycles. The highest BCUT2D eigenvalue weighted by molar-refractivity contribution is 7.71. The smallest absolute Gasteiger partial charge is 0.298 e. The lowest BCUT2D eigenvalue weighted by atomic mass is 10.5. The van der Waals surface area contributed by atoms with E-state index in [1.807, 2.05) is 0 Å². The Morgan fingerprint density at radius 1 is 1.30 bits per heavy atom. The van der Waals surface area contributed by atoms with Gasteiger partial charge in [-0.2, -0.15) is 8.78 Å². The summed E-state index contributed by atoms with van der Waals surface area (Å²) in [5.41, 5.74) is 0. The highest BCUT2D eigenvalue weighted by Gasteiger charge is 1.99. The molecule has 0 aliphatic carbocycles. The fourth-order valence-electron chi connectivity index (χ4n) is 0.554. The molecule has 1 aromatic rings. The van der Waals surface area contributed by atoms with E-state index in [0.717, 1.165) is 4.57 Å². The number of pyridine rings is 1. The summed E-state index contributed by atoms with van der Waals surface area (Å²) in [4.78, 5) is 0. The van der Waals surface area contributed by atoms with Crippen molar-refractivity contribution in [3.05, 3.63) is 29.0 Å². The van der Waals surface area contributed by atoms with Gasteiger partial charge in [-0.05, 0) is 12.1 Å². The second kappa shape index (κ2) is 2.88. The molecule has 0 saturated heterocycles. The van der Waals surface area contributed by atoms with E-state index in [1.165, 1.54) is 24.5 Å². The van der Waals surface area contributed by atoms with Crippen LogP contribution in [0.15, 0.2) is 24.5 Å². The second-order valence-corrected chi connectivity index (χ2v) is 2.23. The van der Waals surface area contributed by atoms with Crippen LogP contribution in [0.5, 0.6) is 0 Å². The van der Waals surface area contributed by atoms with E-state index in [0.29, 0.717) is 4.51 Å². The lowest BCUT2D eigenvalue weighted by Crippen LogP contribution is -1.95. The van der Waals surface area contributed by atoms with Crippen LogP contribution in [0.2, 0.25) is 0 Å². The molecule has 1 heterocycles. The van der Waals surface area contributed by atoms with E-state index in [2.05, 4.69) is 0 Å². The molecule has 0 fully saturated rings. The predicted molar refractivity (Wildman–Crippen MR) is 36.5 cm³/mol. The number of rotatable bonds is 1. The molecule has 0 atom stereocenters. The number of nitrogens with zero attached hydrogens (tertiary/aromatic N) is 1. The number of alkyl halides is 2. The molecule has 0 radical (unpaired) electrons. The fraction of sp³-hybridized carbons (Fsp3) is 0.167. The van der Waals surface area contributed by atoms with Gasteiger partial charge in [0, 0.05) is 16.9 Å². The van der Waals surface area contributed by atoms with Gasteiger partial charge >= 0.3 is 6.55 Å². The molecule has 0 aromatic carbocycles. The molecule has 0 aliphatic heterocycles. The van der Waals surface area contributed by atoms with Gasteiger partial charge in [-0.3, -0.25) is 4.57 Å². The minimum atomic E-state index is -2.48. The second-order valence-electron chi connectivity index (χ2n) is 1.76. The Kier molecular flexibility index (Phi) is 2.11. The Morgan fingerprint density at radius 3 is 2.20 bits per heavy atom. The molecule has 54 valence electrons. The van der Waals surface area contributed by atoms with Crippen LogP contribution >= 0.6 is 12.2 Å². The van der Waals surface area contributed by atoms with Crippen molar-refractivity contribution < 1.29 is 8.78 Å². The van der Waals surface area contributed by atoms with Crippen molar-refractivity contribution in [2.24, 2.45) is 0 Å². The molecular formula is C6H5F2NS. The first-order valence-electron chi connectivity index (χ1n) is 2.66. The van der Waals surface area contributed by atoms with Gasteiger partial charge in [0.15, 0.2) is 0 Å². The van der Waals surface area contributed by atoms with Crippen molar-refractivity contribution >= 4 is 12.2 Å². The number of hydrogen-bond acceptors (Lipinski definition) is 1. The van der Waals surface area contributed by atoms with Crippen LogP contribution in [0.4, 0.5) is 8.78 Å². The van der Waals surface area contributed by atoms with Gasteiger partial charge in [0.1, 0.15) is 0 Å². The van der Waals surface area contributed by atoms with E-state index >= 15 is 0 Å². The summed E-state index contributed by atoms with van der Waals surface area (Å²) in [5, 5.41) is 0. The Morgan fingerprint density at radius 2 is 1.80 bits per heavy atom. The highest BCUT2D eigenvalue weighted by Crippen LogP contribution is 2.07. The van der Waals surface area contributed by atoms with Gasteiger partial charge in [0.05, 0.1) is 0 Å². The molecule has 10 heavy (non-hydrogen) atoms. The Labute approximate surface area is 61.9 Å². The standard InChI is InChI=1S/C6H5F2NS/c7-6(8)9-3-1-5(10)2-4-9/h1-4,6H. The summed E-state index contributed by atoms with van der Waals surface area (Å²) < 4.78 is 25.0. The number of hydrogen-bond donors (Lipinski definition) is 0. The van der Waals surface area contributed by atoms with Crippen LogP contribution in [-0.2, 0) is 0 Å². The van der Waals surface area contributed by atoms with Gasteiger partial charge < -0.3 is 0 Å². The summed E-state index contributed by atoms with van der Waals surface area (Å²) in [5.74, 6) is 0. The van der Waals surface area contributed by atoms with Gasteiger partial charge in [-0.15, -0.1) is 0 Å². The summed E-state index contributed by atoms with van der Waals surface area (Å²) >= 11 is 4.70. The topological polar surface area (TPSA) is 4.93 Å². The molecule has 0 unspecified atom stereocenters. The molecule has 4 heteroatoms. The minimum Gasteiger partial charge on any atom is -0.298 e. The average Bonchev–Trinajstić information content (AvgIpc) is 1.88. The first kappa shape index (κ1) is 7.34. The maximum Gasteiger partial charge on any atom is 0.318 e. The third-order valence-electron chi connectivity index (χ3n) is 1.05. The molecule has 0 bridgehead atoms. The molecular weight excluding hydrogens is 156 g/mol. The van der Waals surface area contributed by atoms with Crippen molar-refractivity contribution in [1.29, 1.82) is 0 Å². The molecule has 0 N–H and O–H groups in total. The normalized spacial score (nSPS) is 10.3. The summed E-state index contributed by atoms with van der Waals surface area (Å²) in [6, 6.07) is 2.92. The van der Waals surface area contributed by atoms with Crippen molar-refractivity contribution in [2.45, 2.75) is 6.55 Å². The summed E-state index contributed by atoms with van der Waals surface area (Å²) in [6.07, 6.45) is 2.51. The first-order chi connectivity index (χ1) is 4.70. The van der Waals surface area contributed by atoms with E-state index < -0.39 is 6.55 Å². The average molecular weight is 161 g/mol. The third-order valence-corrected chi connectivity index (χ3v) is 1.32. The van der Waals surface area contributed by atoms with Gasteiger partial charge in [-0.25, -0.2) is 0 Å². The fourth-order valence-corrected chi connectivity index (χ4v) is 0.676. The summed E-state index contributed by atoms with van der Waals surface area (Å²) in [7, 11) is 0. The monoisotopic (exact) mass is 161 g/mol. The maximum atomic E-state index is 11.8. The first-order valence-corrected chi connectivity index (χ1v) is 3.07. The number of halogens is 2. The van der Waals surface area contributed by atoms with E-state index in [4.69, 9.17) is 12.2 Å². The zero-order valence-electron chi connectivity index (χ0n) is 5.00. The number of aromatic nitrogens is 1. The van der Waals surface area contributed by atoms with Crippen molar-refractivity contribution in [1.82, 2.24) is 4.57 Å². The van der Waals surface area contributed by atoms with E-state index in [9.17, 15) is 8.78 Å². The van der Waals surface area contributed by atoms with Gasteiger partial charge in [0.2, 0.25) is 0 Å².